The highest BCUT2D eigenvalue weighted by Gasteiger charge is 2.29. The van der Waals surface area contributed by atoms with Crippen LogP contribution in [-0.2, 0) is 55.8 Å². The van der Waals surface area contributed by atoms with Crippen LogP contribution in [-0.4, -0.2) is 95.9 Å². The molecule has 0 saturated heterocycles. The van der Waals surface area contributed by atoms with E-state index in [1.54, 1.807) is 0 Å². The first-order valence-corrected chi connectivity index (χ1v) is 33.6. The lowest BCUT2D eigenvalue weighted by Gasteiger charge is -2.21. The number of hydrogen-bond donors (Lipinski definition) is 4. The average molecular weight is 1160 g/mol. The van der Waals surface area contributed by atoms with E-state index in [0.717, 1.165) is 116 Å². The summed E-state index contributed by atoms with van der Waals surface area (Å²) in [6.07, 6.45) is 53.0. The van der Waals surface area contributed by atoms with Gasteiger partial charge in [0, 0.05) is 19.3 Å². The van der Waals surface area contributed by atoms with Gasteiger partial charge in [-0.15, -0.1) is 0 Å². The molecule has 0 aliphatic rings. The highest BCUT2D eigenvalue weighted by Crippen LogP contribution is 2.45. The second-order valence-electron chi connectivity index (χ2n) is 20.5. The van der Waals surface area contributed by atoms with Gasteiger partial charge in [0.05, 0.1) is 26.4 Å². The summed E-state index contributed by atoms with van der Waals surface area (Å²) in [6.45, 7) is 2.54. The number of aliphatic hydroxyl groups excluding tert-OH is 2. The molecule has 16 nitrogen and oxygen atoms in total. The molecule has 0 aromatic rings. The predicted molar refractivity (Wildman–Crippen MR) is 316 cm³/mol. The van der Waals surface area contributed by atoms with Crippen molar-refractivity contribution in [1.82, 2.24) is 0 Å². The van der Waals surface area contributed by atoms with E-state index >= 15 is 0 Å². The lowest BCUT2D eigenvalue weighted by atomic mass is 10.1. The normalized spacial score (nSPS) is 14.9. The lowest BCUT2D eigenvalue weighted by Crippen LogP contribution is -2.30. The number of phosphoric ester groups is 2. The van der Waals surface area contributed by atoms with Gasteiger partial charge in [-0.1, -0.05) is 210 Å². The van der Waals surface area contributed by atoms with Crippen molar-refractivity contribution < 1.29 is 75.8 Å². The molecule has 0 spiro atoms. The fraction of sp³-hybridized carbons (Fsp3) is 0.787. The average Bonchev–Trinajstić information content (AvgIpc) is 3.42. The Bertz CT molecular complexity index is 1700. The van der Waals surface area contributed by atoms with E-state index in [-0.39, 0.29) is 19.3 Å². The van der Waals surface area contributed by atoms with Gasteiger partial charge >= 0.3 is 33.6 Å². The van der Waals surface area contributed by atoms with Crippen LogP contribution in [0.4, 0.5) is 0 Å². The van der Waals surface area contributed by atoms with Crippen LogP contribution >= 0.6 is 15.6 Å². The summed E-state index contributed by atoms with van der Waals surface area (Å²) in [6, 6.07) is 0. The number of esters is 3. The maximum Gasteiger partial charge on any atom is 0.472 e. The third-order valence-electron chi connectivity index (χ3n) is 12.7. The number of phosphoric acid groups is 2. The van der Waals surface area contributed by atoms with E-state index in [1.807, 2.05) is 0 Å². The van der Waals surface area contributed by atoms with Gasteiger partial charge in [0.2, 0.25) is 0 Å². The summed E-state index contributed by atoms with van der Waals surface area (Å²) in [5.41, 5.74) is 0. The maximum absolute atomic E-state index is 12.8. The van der Waals surface area contributed by atoms with E-state index in [2.05, 4.69) is 81.5 Å². The number of aliphatic hydroxyl groups is 2. The minimum atomic E-state index is -4.91. The summed E-state index contributed by atoms with van der Waals surface area (Å²) >= 11 is 0. The molecule has 0 aliphatic heterocycles. The minimum absolute atomic E-state index is 0.107. The standard InChI is InChI=1S/C61H110O16P2/c1-4-7-10-13-16-19-22-23-24-25-26-27-28-29-30-31-34-36-38-41-44-47-59(64)71-50-56(62)51-73-78(67,68)74-52-57(63)53-75-79(69,70)76-55-58(77-61(66)49-46-43-40-37-33-21-18-15-12-9-6-3)54-72-60(65)48-45-42-39-35-32-20-17-14-11-8-5-2/h14,16-17,19,23-24,26-27,29-30,56-58,62-63H,4-13,15,18,20-22,25,28,31-55H2,1-3H3,(H,67,68)(H,69,70)/b17-14-,19-16-,24-23-,27-26-,30-29-. The zero-order valence-electron chi connectivity index (χ0n) is 49.3. The van der Waals surface area contributed by atoms with Crippen LogP contribution in [0.15, 0.2) is 60.8 Å². The highest BCUT2D eigenvalue weighted by atomic mass is 31.2. The minimum Gasteiger partial charge on any atom is -0.463 e. The molecule has 79 heavy (non-hydrogen) atoms. The SMILES string of the molecule is CCCC/C=C\CCCCCCCC(=O)OCC(COP(=O)(O)OCC(O)COP(=O)(O)OCC(O)COC(=O)CCCCCCC/C=C\C/C=C\C/C=C\C/C=C\CCCCC)OC(=O)CCCCCCCCCCCCC. The second kappa shape index (κ2) is 55.8. The number of unbranched alkanes of at least 4 members (excludes halogenated alkanes) is 25. The third kappa shape index (κ3) is 56.9. The van der Waals surface area contributed by atoms with E-state index in [4.69, 9.17) is 32.3 Å². The molecule has 5 unspecified atom stereocenters. The number of carbonyl (C=O) groups excluding carboxylic acids is 3. The molecule has 0 aromatic heterocycles. The molecule has 18 heteroatoms. The van der Waals surface area contributed by atoms with Crippen LogP contribution in [0.2, 0.25) is 0 Å². The molecule has 5 atom stereocenters. The van der Waals surface area contributed by atoms with Crippen molar-refractivity contribution in [2.45, 2.75) is 270 Å². The number of allylic oxidation sites excluding steroid dienone is 10. The molecule has 0 aliphatic carbocycles. The van der Waals surface area contributed by atoms with Gasteiger partial charge in [-0.05, 0) is 83.5 Å². The Morgan fingerprint density at radius 3 is 1.08 bits per heavy atom. The first-order valence-electron chi connectivity index (χ1n) is 30.6. The van der Waals surface area contributed by atoms with Crippen molar-refractivity contribution in [3.63, 3.8) is 0 Å². The van der Waals surface area contributed by atoms with E-state index < -0.39 is 91.5 Å². The molecular formula is C61H110O16P2. The van der Waals surface area contributed by atoms with Crippen LogP contribution in [0.5, 0.6) is 0 Å². The van der Waals surface area contributed by atoms with Crippen molar-refractivity contribution in [3.8, 4) is 0 Å². The molecule has 0 bridgehead atoms. The molecule has 460 valence electrons. The highest BCUT2D eigenvalue weighted by molar-refractivity contribution is 7.47. The van der Waals surface area contributed by atoms with Crippen LogP contribution in [0, 0.1) is 0 Å². The fourth-order valence-electron chi connectivity index (χ4n) is 7.95. The molecular weight excluding hydrogens is 1050 g/mol. The first kappa shape index (κ1) is 76.2. The number of hydrogen-bond acceptors (Lipinski definition) is 14. The largest absolute Gasteiger partial charge is 0.472 e. The van der Waals surface area contributed by atoms with Crippen LogP contribution in [0.25, 0.3) is 0 Å². The van der Waals surface area contributed by atoms with E-state index in [0.29, 0.717) is 19.3 Å². The molecule has 0 amide bonds. The van der Waals surface area contributed by atoms with Gasteiger partial charge in [-0.2, -0.15) is 0 Å². The van der Waals surface area contributed by atoms with Crippen molar-refractivity contribution in [2.24, 2.45) is 0 Å². The Morgan fingerprint density at radius 2 is 0.646 bits per heavy atom. The van der Waals surface area contributed by atoms with Gasteiger partial charge in [-0.25, -0.2) is 9.13 Å². The first-order chi connectivity index (χ1) is 38.2. The third-order valence-corrected chi connectivity index (χ3v) is 14.6. The van der Waals surface area contributed by atoms with Crippen molar-refractivity contribution >= 4 is 33.6 Å². The zero-order valence-corrected chi connectivity index (χ0v) is 51.1. The molecule has 0 aromatic carbocycles. The van der Waals surface area contributed by atoms with Gasteiger partial charge < -0.3 is 34.2 Å². The van der Waals surface area contributed by atoms with Crippen LogP contribution in [0.3, 0.4) is 0 Å². The fourth-order valence-corrected chi connectivity index (χ4v) is 9.53. The predicted octanol–water partition coefficient (Wildman–Crippen LogP) is 15.9. The Kier molecular flexibility index (Phi) is 53.8. The lowest BCUT2D eigenvalue weighted by molar-refractivity contribution is -0.161. The summed E-state index contributed by atoms with van der Waals surface area (Å²) in [7, 11) is -9.75. The number of ether oxygens (including phenoxy) is 3. The molecule has 0 rings (SSSR count). The maximum atomic E-state index is 12.8. The Morgan fingerprint density at radius 1 is 0.354 bits per heavy atom. The van der Waals surface area contributed by atoms with Gasteiger partial charge in [0.15, 0.2) is 6.10 Å². The van der Waals surface area contributed by atoms with Crippen molar-refractivity contribution in [2.75, 3.05) is 39.6 Å². The van der Waals surface area contributed by atoms with E-state index in [1.165, 1.54) is 77.0 Å². The smallest absolute Gasteiger partial charge is 0.463 e. The molecule has 0 fully saturated rings. The second-order valence-corrected chi connectivity index (χ2v) is 23.4. The van der Waals surface area contributed by atoms with E-state index in [9.17, 15) is 43.5 Å². The Hall–Kier alpha value is -2.75. The van der Waals surface area contributed by atoms with Gasteiger partial charge in [0.25, 0.3) is 0 Å². The summed E-state index contributed by atoms with van der Waals surface area (Å²) in [4.78, 5) is 58.0. The van der Waals surface area contributed by atoms with Gasteiger partial charge in [-0.3, -0.25) is 32.5 Å². The summed E-state index contributed by atoms with van der Waals surface area (Å²) < 4.78 is 60.5. The van der Waals surface area contributed by atoms with Crippen LogP contribution in [0.1, 0.15) is 252 Å². The molecule has 0 saturated carbocycles. The van der Waals surface area contributed by atoms with Crippen molar-refractivity contribution in [3.05, 3.63) is 60.8 Å². The number of carbonyl (C=O) groups is 3. The molecule has 4 N–H and O–H groups in total. The zero-order chi connectivity index (χ0) is 58.2. The topological polar surface area (TPSA) is 231 Å². The monoisotopic (exact) mass is 1160 g/mol. The van der Waals surface area contributed by atoms with Gasteiger partial charge in [0.1, 0.15) is 25.4 Å². The summed E-state index contributed by atoms with van der Waals surface area (Å²) in [5.74, 6) is -1.60. The van der Waals surface area contributed by atoms with Crippen molar-refractivity contribution in [1.29, 1.82) is 0 Å². The summed E-state index contributed by atoms with van der Waals surface area (Å²) in [5, 5.41) is 20.4. The number of rotatable bonds is 58. The molecule has 0 radical (unpaired) electrons. The Balaban J connectivity index is 4.55. The van der Waals surface area contributed by atoms with Crippen LogP contribution < -0.4 is 0 Å². The quantitative estimate of drug-likeness (QED) is 0.0146. The molecule has 0 heterocycles. The Labute approximate surface area is 478 Å².